The monoisotopic (exact) mass is 579 g/mol. The number of para-hydroxylation sites is 2. The van der Waals surface area contributed by atoms with Crippen LogP contribution in [0.5, 0.6) is 0 Å². The Labute approximate surface area is 258 Å². The predicted molar refractivity (Wildman–Crippen MR) is 186 cm³/mol. The molecule has 9 aromatic rings. The number of hydrogen-bond acceptors (Lipinski definition) is 3. The first-order chi connectivity index (χ1) is 21.8. The summed E-state index contributed by atoms with van der Waals surface area (Å²) in [6.07, 6.45) is 0. The Balaban J connectivity index is 1.23. The van der Waals surface area contributed by atoms with Crippen molar-refractivity contribution in [2.45, 2.75) is 0 Å². The number of aromatic nitrogens is 3. The summed E-state index contributed by atoms with van der Waals surface area (Å²) in [5.74, 6) is 0.664. The van der Waals surface area contributed by atoms with Crippen molar-refractivity contribution in [1.82, 2.24) is 14.5 Å². The van der Waals surface area contributed by atoms with Crippen molar-refractivity contribution >= 4 is 53.3 Å². The van der Waals surface area contributed by atoms with Crippen molar-refractivity contribution in [3.8, 4) is 39.6 Å². The lowest BCUT2D eigenvalue weighted by molar-refractivity contribution is 0.995. The topological polar surface area (TPSA) is 30.7 Å². The van der Waals surface area contributed by atoms with E-state index in [0.29, 0.717) is 5.95 Å². The van der Waals surface area contributed by atoms with Crippen LogP contribution < -0.4 is 0 Å². The molecule has 0 fully saturated rings. The van der Waals surface area contributed by atoms with Gasteiger partial charge >= 0.3 is 0 Å². The zero-order chi connectivity index (χ0) is 29.0. The first kappa shape index (κ1) is 25.0. The van der Waals surface area contributed by atoms with Gasteiger partial charge in [0.15, 0.2) is 0 Å². The van der Waals surface area contributed by atoms with Crippen molar-refractivity contribution in [3.05, 3.63) is 152 Å². The molecule has 3 heterocycles. The van der Waals surface area contributed by atoms with Crippen LogP contribution in [0.1, 0.15) is 0 Å². The number of nitrogens with zero attached hydrogens (tertiary/aromatic N) is 3. The summed E-state index contributed by atoms with van der Waals surface area (Å²) in [6, 6.07) is 53.6. The molecule has 0 unspecified atom stereocenters. The van der Waals surface area contributed by atoms with Crippen LogP contribution in [0.3, 0.4) is 0 Å². The highest BCUT2D eigenvalue weighted by Crippen LogP contribution is 2.40. The van der Waals surface area contributed by atoms with Gasteiger partial charge in [0.2, 0.25) is 5.95 Å². The molecule has 0 aliphatic rings. The Morgan fingerprint density at radius 3 is 1.68 bits per heavy atom. The molecule has 0 saturated carbocycles. The summed E-state index contributed by atoms with van der Waals surface area (Å²) in [6.45, 7) is 0. The van der Waals surface area contributed by atoms with E-state index in [9.17, 15) is 0 Å². The summed E-state index contributed by atoms with van der Waals surface area (Å²) in [5, 5.41) is 5.02. The summed E-state index contributed by atoms with van der Waals surface area (Å²) in [5.41, 5.74) is 8.54. The summed E-state index contributed by atoms with van der Waals surface area (Å²) < 4.78 is 4.82. The highest BCUT2D eigenvalue weighted by molar-refractivity contribution is 7.25. The standard InChI is InChI=1S/C40H25N3S/c1-2-11-27(12-3-1)33-25-34(42-40(41-33)43-35-17-7-4-13-30(35)31-14-5-8-18-36(31)43)28-23-21-26(22-24-28)29-16-10-20-38-39(29)32-15-6-9-19-37(32)44-38/h1-25H. The zero-order valence-electron chi connectivity index (χ0n) is 23.7. The average molecular weight is 580 g/mol. The van der Waals surface area contributed by atoms with E-state index >= 15 is 0 Å². The summed E-state index contributed by atoms with van der Waals surface area (Å²) in [7, 11) is 0. The predicted octanol–water partition coefficient (Wildman–Crippen LogP) is 10.9. The lowest BCUT2D eigenvalue weighted by Crippen LogP contribution is -2.03. The number of thiophene rings is 1. The van der Waals surface area contributed by atoms with E-state index in [-0.39, 0.29) is 0 Å². The number of rotatable bonds is 4. The zero-order valence-corrected chi connectivity index (χ0v) is 24.5. The van der Waals surface area contributed by atoms with Crippen LogP contribution in [0.4, 0.5) is 0 Å². The van der Waals surface area contributed by atoms with Gasteiger partial charge in [-0.05, 0) is 41.5 Å². The lowest BCUT2D eigenvalue weighted by atomic mass is 9.98. The van der Waals surface area contributed by atoms with Crippen molar-refractivity contribution in [2.24, 2.45) is 0 Å². The fourth-order valence-electron chi connectivity index (χ4n) is 6.41. The smallest absolute Gasteiger partial charge is 0.235 e. The molecule has 3 aromatic heterocycles. The molecule has 0 N–H and O–H groups in total. The maximum absolute atomic E-state index is 5.21. The van der Waals surface area contributed by atoms with E-state index in [1.54, 1.807) is 0 Å². The minimum Gasteiger partial charge on any atom is -0.278 e. The SMILES string of the molecule is c1ccc(-c2cc(-c3ccc(-c4cccc5sc6ccccc6c45)cc3)nc(-n3c4ccccc4c4ccccc43)n2)cc1. The minimum absolute atomic E-state index is 0.664. The van der Waals surface area contributed by atoms with Crippen LogP contribution in [-0.2, 0) is 0 Å². The first-order valence-corrected chi connectivity index (χ1v) is 15.6. The van der Waals surface area contributed by atoms with Crippen molar-refractivity contribution in [3.63, 3.8) is 0 Å². The Hall–Kier alpha value is -5.58. The second kappa shape index (κ2) is 10.0. The van der Waals surface area contributed by atoms with Gasteiger partial charge in [-0.15, -0.1) is 11.3 Å². The maximum atomic E-state index is 5.21. The third-order valence-corrected chi connectivity index (χ3v) is 9.59. The van der Waals surface area contributed by atoms with E-state index in [2.05, 4.69) is 150 Å². The quantitative estimate of drug-likeness (QED) is 0.208. The lowest BCUT2D eigenvalue weighted by Gasteiger charge is -2.12. The fourth-order valence-corrected chi connectivity index (χ4v) is 7.55. The Kier molecular flexibility index (Phi) is 5.68. The summed E-state index contributed by atoms with van der Waals surface area (Å²) in [4.78, 5) is 10.4. The number of fused-ring (bicyclic) bond motifs is 6. The molecular weight excluding hydrogens is 555 g/mol. The van der Waals surface area contributed by atoms with E-state index < -0.39 is 0 Å². The molecule has 0 radical (unpaired) electrons. The molecule has 0 spiro atoms. The molecule has 206 valence electrons. The van der Waals surface area contributed by atoms with Crippen LogP contribution in [0.25, 0.3) is 81.6 Å². The normalized spacial score (nSPS) is 11.6. The molecule has 0 aliphatic heterocycles. The molecular formula is C40H25N3S. The molecule has 0 atom stereocenters. The second-order valence-electron chi connectivity index (χ2n) is 11.0. The molecule has 0 saturated heterocycles. The number of benzene rings is 6. The van der Waals surface area contributed by atoms with Gasteiger partial charge in [-0.1, -0.05) is 121 Å². The van der Waals surface area contributed by atoms with Gasteiger partial charge in [0.1, 0.15) is 0 Å². The van der Waals surface area contributed by atoms with Gasteiger partial charge in [0.25, 0.3) is 0 Å². The van der Waals surface area contributed by atoms with Crippen LogP contribution >= 0.6 is 11.3 Å². The number of hydrogen-bond donors (Lipinski definition) is 0. The Bertz CT molecular complexity index is 2430. The van der Waals surface area contributed by atoms with Gasteiger partial charge in [-0.3, -0.25) is 4.57 Å². The molecule has 6 aromatic carbocycles. The van der Waals surface area contributed by atoms with E-state index in [4.69, 9.17) is 9.97 Å². The van der Waals surface area contributed by atoms with Crippen LogP contribution in [0.15, 0.2) is 152 Å². The second-order valence-corrected chi connectivity index (χ2v) is 12.1. The van der Waals surface area contributed by atoms with E-state index in [1.807, 2.05) is 17.4 Å². The van der Waals surface area contributed by atoms with Gasteiger partial charge in [0, 0.05) is 42.1 Å². The molecule has 3 nitrogen and oxygen atoms in total. The van der Waals surface area contributed by atoms with Crippen LogP contribution in [0, 0.1) is 0 Å². The van der Waals surface area contributed by atoms with Gasteiger partial charge in [-0.2, -0.15) is 0 Å². The van der Waals surface area contributed by atoms with Crippen molar-refractivity contribution < 1.29 is 0 Å². The van der Waals surface area contributed by atoms with Gasteiger partial charge in [-0.25, -0.2) is 9.97 Å². The molecule has 44 heavy (non-hydrogen) atoms. The highest BCUT2D eigenvalue weighted by Gasteiger charge is 2.17. The largest absolute Gasteiger partial charge is 0.278 e. The van der Waals surface area contributed by atoms with Gasteiger partial charge < -0.3 is 0 Å². The highest BCUT2D eigenvalue weighted by atomic mass is 32.1. The molecule has 0 bridgehead atoms. The van der Waals surface area contributed by atoms with E-state index in [0.717, 1.165) is 33.5 Å². The first-order valence-electron chi connectivity index (χ1n) is 14.8. The molecule has 9 rings (SSSR count). The van der Waals surface area contributed by atoms with Crippen molar-refractivity contribution in [1.29, 1.82) is 0 Å². The van der Waals surface area contributed by atoms with Gasteiger partial charge in [0.05, 0.1) is 22.4 Å². The summed E-state index contributed by atoms with van der Waals surface area (Å²) >= 11 is 1.85. The molecule has 0 amide bonds. The Morgan fingerprint density at radius 2 is 0.977 bits per heavy atom. The molecule has 0 aliphatic carbocycles. The third-order valence-electron chi connectivity index (χ3n) is 8.46. The fraction of sp³-hybridized carbons (Fsp3) is 0. The molecule has 4 heteroatoms. The average Bonchev–Trinajstić information content (AvgIpc) is 3.65. The minimum atomic E-state index is 0.664. The Morgan fingerprint density at radius 1 is 0.432 bits per heavy atom. The third kappa shape index (κ3) is 3.96. The van der Waals surface area contributed by atoms with Crippen LogP contribution in [-0.4, -0.2) is 14.5 Å². The van der Waals surface area contributed by atoms with E-state index in [1.165, 1.54) is 42.1 Å². The maximum Gasteiger partial charge on any atom is 0.235 e. The van der Waals surface area contributed by atoms with Crippen molar-refractivity contribution in [2.75, 3.05) is 0 Å². The van der Waals surface area contributed by atoms with Crippen LogP contribution in [0.2, 0.25) is 0 Å².